The van der Waals surface area contributed by atoms with Crippen molar-refractivity contribution in [1.82, 2.24) is 0 Å². The van der Waals surface area contributed by atoms with E-state index < -0.39 is 0 Å². The van der Waals surface area contributed by atoms with E-state index >= 15 is 0 Å². The first-order chi connectivity index (χ1) is 6.72. The van der Waals surface area contributed by atoms with Crippen molar-refractivity contribution in [2.75, 3.05) is 30.3 Å². The van der Waals surface area contributed by atoms with Crippen LogP contribution in [0.2, 0.25) is 0 Å². The molecule has 0 aliphatic rings. The number of carbonyl (C=O) groups excluding carboxylic acids is 1. The van der Waals surface area contributed by atoms with Gasteiger partial charge in [-0.3, -0.25) is 4.79 Å². The second kappa shape index (κ2) is 13.0. The maximum absolute atomic E-state index is 11.3. The van der Waals surface area contributed by atoms with Crippen LogP contribution in [0.4, 0.5) is 0 Å². The Kier molecular flexibility index (Phi) is 15.8. The number of rotatable bonds is 8. The summed E-state index contributed by atoms with van der Waals surface area (Å²) in [5.41, 5.74) is 16.3. The van der Waals surface area contributed by atoms with Gasteiger partial charge >= 0.3 is 0 Å². The van der Waals surface area contributed by atoms with Gasteiger partial charge in [-0.25, -0.2) is 0 Å². The lowest BCUT2D eigenvalue weighted by Crippen LogP contribution is -2.31. The normalized spacial score (nSPS) is 11.9. The molecule has 6 N–H and O–H groups in total. The van der Waals surface area contributed by atoms with Crippen LogP contribution >= 0.6 is 45.8 Å². The van der Waals surface area contributed by atoms with E-state index in [0.29, 0.717) is 24.6 Å². The van der Waals surface area contributed by atoms with E-state index in [1.807, 2.05) is 0 Å². The van der Waals surface area contributed by atoms with Crippen LogP contribution in [0, 0.1) is 0 Å². The molecule has 92 valence electrons. The van der Waals surface area contributed by atoms with Gasteiger partial charge in [0, 0.05) is 30.3 Å². The predicted octanol–water partition coefficient (Wildman–Crippen LogP) is 0.294. The summed E-state index contributed by atoms with van der Waals surface area (Å²) in [6.45, 7) is 1.17. The summed E-state index contributed by atoms with van der Waals surface area (Å²) in [5, 5.41) is 0.0244. The molecule has 0 heterocycles. The van der Waals surface area contributed by atoms with Gasteiger partial charge in [0.05, 0.1) is 6.04 Å². The van der Waals surface area contributed by atoms with Crippen LogP contribution in [0.5, 0.6) is 0 Å². The number of nitrogens with two attached hydrogens (primary N) is 3. The number of thioether (sulfide) groups is 1. The average molecular weight is 292 g/mol. The molecule has 0 spiro atoms. The average Bonchev–Trinajstić information content (AvgIpc) is 2.20. The van der Waals surface area contributed by atoms with Crippen molar-refractivity contribution in [3.8, 4) is 0 Å². The highest BCUT2D eigenvalue weighted by Gasteiger charge is 2.13. The van der Waals surface area contributed by atoms with E-state index in [4.69, 9.17) is 17.2 Å². The lowest BCUT2D eigenvalue weighted by molar-refractivity contribution is -0.111. The molecule has 15 heavy (non-hydrogen) atoms. The first-order valence-electron chi connectivity index (χ1n) is 4.29. The Labute approximate surface area is 109 Å². The van der Waals surface area contributed by atoms with Crippen LogP contribution in [-0.2, 0) is 4.79 Å². The molecule has 0 aromatic rings. The Morgan fingerprint density at radius 1 is 1.13 bits per heavy atom. The van der Waals surface area contributed by atoms with Crippen LogP contribution in [-0.4, -0.2) is 41.5 Å². The fourth-order valence-electron chi connectivity index (χ4n) is 0.563. The predicted molar refractivity (Wildman–Crippen MR) is 75.7 cm³/mol. The topological polar surface area (TPSA) is 95.1 Å². The highest BCUT2D eigenvalue weighted by molar-refractivity contribution is 8.76. The molecule has 8 heteroatoms. The van der Waals surface area contributed by atoms with Crippen molar-refractivity contribution in [3.63, 3.8) is 0 Å². The zero-order valence-corrected chi connectivity index (χ0v) is 11.7. The smallest absolute Gasteiger partial charge is 0.206 e. The zero-order chi connectivity index (χ0) is 10.8. The highest BCUT2D eigenvalue weighted by Crippen LogP contribution is 2.21. The lowest BCUT2D eigenvalue weighted by atomic mass is 10.4. The number of carbonyl (C=O) groups is 1. The molecule has 0 rings (SSSR count). The summed E-state index contributed by atoms with van der Waals surface area (Å²) in [5.74, 6) is 2.18. The van der Waals surface area contributed by atoms with Gasteiger partial charge < -0.3 is 17.2 Å². The van der Waals surface area contributed by atoms with Gasteiger partial charge in [-0.15, -0.1) is 12.4 Å². The lowest BCUT2D eigenvalue weighted by Gasteiger charge is -2.08. The molecule has 4 nitrogen and oxygen atoms in total. The largest absolute Gasteiger partial charge is 0.330 e. The summed E-state index contributed by atoms with van der Waals surface area (Å²) < 4.78 is 0. The van der Waals surface area contributed by atoms with Crippen LogP contribution in [0.1, 0.15) is 0 Å². The monoisotopic (exact) mass is 291 g/mol. The summed E-state index contributed by atoms with van der Waals surface area (Å²) in [7, 11) is 3.24. The zero-order valence-electron chi connectivity index (χ0n) is 8.39. The number of hydrogen-bond acceptors (Lipinski definition) is 7. The minimum absolute atomic E-state index is 0. The molecule has 0 amide bonds. The molecular weight excluding hydrogens is 274 g/mol. The van der Waals surface area contributed by atoms with E-state index in [-0.39, 0.29) is 23.6 Å². The molecule has 0 aliphatic carbocycles. The van der Waals surface area contributed by atoms with Gasteiger partial charge in [0.1, 0.15) is 0 Å². The molecule has 0 aromatic heterocycles. The Morgan fingerprint density at radius 3 is 2.27 bits per heavy atom. The fraction of sp³-hybridized carbons (Fsp3) is 0.857. The van der Waals surface area contributed by atoms with E-state index in [2.05, 4.69) is 0 Å². The van der Waals surface area contributed by atoms with Crippen molar-refractivity contribution < 1.29 is 4.79 Å². The van der Waals surface area contributed by atoms with Gasteiger partial charge in [0.15, 0.2) is 0 Å². The third kappa shape index (κ3) is 11.2. The Bertz CT molecular complexity index is 164. The summed E-state index contributed by atoms with van der Waals surface area (Å²) in [6, 6.07) is -0.387. The van der Waals surface area contributed by atoms with Crippen LogP contribution in [0.25, 0.3) is 0 Å². The Morgan fingerprint density at radius 2 is 1.73 bits per heavy atom. The molecule has 1 atom stereocenters. The minimum atomic E-state index is -0.387. The summed E-state index contributed by atoms with van der Waals surface area (Å²) in [6.07, 6.45) is 0. The first kappa shape index (κ1) is 18.3. The maximum Gasteiger partial charge on any atom is 0.206 e. The molecule has 0 saturated carbocycles. The van der Waals surface area contributed by atoms with Crippen molar-refractivity contribution in [2.45, 2.75) is 6.04 Å². The number of halogens is 1. The van der Waals surface area contributed by atoms with E-state index in [1.165, 1.54) is 11.8 Å². The fourth-order valence-corrected chi connectivity index (χ4v) is 3.26. The van der Waals surface area contributed by atoms with Crippen molar-refractivity contribution in [2.24, 2.45) is 17.2 Å². The molecule has 0 radical (unpaired) electrons. The van der Waals surface area contributed by atoms with Gasteiger partial charge in [-0.2, -0.15) is 0 Å². The quantitative estimate of drug-likeness (QED) is 0.437. The Hall–Kier alpha value is 0.890. The van der Waals surface area contributed by atoms with Crippen LogP contribution in [0.3, 0.4) is 0 Å². The summed E-state index contributed by atoms with van der Waals surface area (Å²) >= 11 is 1.21. The third-order valence-corrected chi connectivity index (χ3v) is 4.70. The van der Waals surface area contributed by atoms with Gasteiger partial charge in [0.25, 0.3) is 0 Å². The SMILES string of the molecule is Cl.NCCSSCC(N)C(=O)SCCN. The minimum Gasteiger partial charge on any atom is -0.330 e. The van der Waals surface area contributed by atoms with Crippen molar-refractivity contribution >= 4 is 50.9 Å². The maximum atomic E-state index is 11.3. The van der Waals surface area contributed by atoms with E-state index in [0.717, 1.165) is 5.75 Å². The van der Waals surface area contributed by atoms with Crippen LogP contribution < -0.4 is 17.2 Å². The van der Waals surface area contributed by atoms with Gasteiger partial charge in [-0.05, 0) is 0 Å². The second-order valence-electron chi connectivity index (χ2n) is 2.46. The third-order valence-electron chi connectivity index (χ3n) is 1.20. The molecule has 1 unspecified atom stereocenters. The molecule has 0 aliphatic heterocycles. The van der Waals surface area contributed by atoms with E-state index in [1.54, 1.807) is 21.6 Å². The second-order valence-corrected chi connectivity index (χ2v) is 6.18. The van der Waals surface area contributed by atoms with Crippen molar-refractivity contribution in [3.05, 3.63) is 0 Å². The Balaban J connectivity index is 0. The number of hydrogen-bond donors (Lipinski definition) is 3. The van der Waals surface area contributed by atoms with E-state index in [9.17, 15) is 4.79 Å². The highest BCUT2D eigenvalue weighted by atomic mass is 35.5. The van der Waals surface area contributed by atoms with Gasteiger partial charge in [-0.1, -0.05) is 33.3 Å². The molecule has 0 aromatic carbocycles. The molecular formula is C7H18ClN3OS3. The molecule has 0 fully saturated rings. The van der Waals surface area contributed by atoms with Crippen molar-refractivity contribution in [1.29, 1.82) is 0 Å². The standard InChI is InChI=1S/C7H17N3OS3.ClH/c8-1-3-12-7(11)6(10)5-14-13-4-2-9;/h6H,1-5,8-10H2;1H. The van der Waals surface area contributed by atoms with Crippen LogP contribution in [0.15, 0.2) is 0 Å². The summed E-state index contributed by atoms with van der Waals surface area (Å²) in [4.78, 5) is 11.3. The first-order valence-corrected chi connectivity index (χ1v) is 7.76. The van der Waals surface area contributed by atoms with Gasteiger partial charge in [0.2, 0.25) is 5.12 Å². The molecule has 0 bridgehead atoms. The molecule has 0 saturated heterocycles.